The van der Waals surface area contributed by atoms with Crippen LogP contribution in [0, 0.1) is 45.8 Å². The average molecular weight is 510 g/mol. The number of hydrogen-bond donors (Lipinski definition) is 1. The molecule has 2 bridgehead atoms. The van der Waals surface area contributed by atoms with E-state index in [-0.39, 0.29) is 48.5 Å². The van der Waals surface area contributed by atoms with Gasteiger partial charge in [0, 0.05) is 52.7 Å². The number of ketones is 2. The van der Waals surface area contributed by atoms with E-state index in [4.69, 9.17) is 9.47 Å². The molecule has 7 aliphatic rings. The first-order valence-electron chi connectivity index (χ1n) is 14.1. The summed E-state index contributed by atoms with van der Waals surface area (Å²) in [6.45, 7) is 11.3. The quantitative estimate of drug-likeness (QED) is 0.500. The third-order valence-electron chi connectivity index (χ3n) is 11.9. The summed E-state index contributed by atoms with van der Waals surface area (Å²) in [5.41, 5.74) is -0.658. The Hall–Kier alpha value is -1.99. The van der Waals surface area contributed by atoms with E-state index in [2.05, 4.69) is 31.7 Å². The zero-order valence-electron chi connectivity index (χ0n) is 22.6. The van der Waals surface area contributed by atoms with Gasteiger partial charge in [-0.3, -0.25) is 14.4 Å². The molecule has 2 spiro atoms. The Morgan fingerprint density at radius 3 is 2.59 bits per heavy atom. The lowest BCUT2D eigenvalue weighted by Crippen LogP contribution is -2.71. The van der Waals surface area contributed by atoms with Crippen LogP contribution in [0.5, 0.6) is 0 Å². The van der Waals surface area contributed by atoms with Crippen molar-refractivity contribution in [2.24, 2.45) is 45.8 Å². The summed E-state index contributed by atoms with van der Waals surface area (Å²) in [5.74, 6) is -0.977. The van der Waals surface area contributed by atoms with Crippen molar-refractivity contribution in [3.05, 3.63) is 23.4 Å². The van der Waals surface area contributed by atoms with Crippen LogP contribution in [-0.2, 0) is 23.9 Å². The number of ether oxygens (including phenoxy) is 2. The number of Topliss-reactive ketones (excluding diaryl/α,β-unsaturated/α-hetero) is 1. The monoisotopic (exact) mass is 509 g/mol. The van der Waals surface area contributed by atoms with E-state index in [1.54, 1.807) is 6.08 Å². The van der Waals surface area contributed by atoms with Gasteiger partial charge in [-0.05, 0) is 44.1 Å². The number of hydrogen-bond acceptors (Lipinski definition) is 7. The SMILES string of the molecule is CC1=CC(=O)[C@@H]2[C@@H](C1)[C@]1(C)C=C3N4C[C@H]5C[C@H](C)C[C@@]4(O5)[C@@H](O)C[C@@]3(C)[C@]3(COC(=O)C3)[C@H]1C(=O)[C@@H]2C. The predicted octanol–water partition coefficient (Wildman–Crippen LogP) is 3.41. The second-order valence-corrected chi connectivity index (χ2v) is 14.0. The van der Waals surface area contributed by atoms with Gasteiger partial charge in [-0.2, -0.15) is 0 Å². The van der Waals surface area contributed by atoms with Gasteiger partial charge in [-0.15, -0.1) is 0 Å². The van der Waals surface area contributed by atoms with Crippen molar-refractivity contribution < 1.29 is 29.0 Å². The summed E-state index contributed by atoms with van der Waals surface area (Å²) in [5, 5.41) is 11.8. The van der Waals surface area contributed by atoms with E-state index in [1.807, 2.05) is 13.8 Å². The van der Waals surface area contributed by atoms with Crippen molar-refractivity contribution in [2.45, 2.75) is 84.7 Å². The number of piperidine rings is 1. The summed E-state index contributed by atoms with van der Waals surface area (Å²) in [6.07, 6.45) is 6.41. The van der Waals surface area contributed by atoms with Crippen LogP contribution >= 0.6 is 0 Å². The second kappa shape index (κ2) is 7.15. The van der Waals surface area contributed by atoms with Crippen molar-refractivity contribution in [2.75, 3.05) is 13.2 Å². The average Bonchev–Trinajstić information content (AvgIpc) is 3.32. The molecule has 7 rings (SSSR count). The minimum atomic E-state index is -0.776. The highest BCUT2D eigenvalue weighted by Crippen LogP contribution is 2.73. The Morgan fingerprint density at radius 1 is 1.14 bits per heavy atom. The van der Waals surface area contributed by atoms with Crippen molar-refractivity contribution in [3.8, 4) is 0 Å². The molecule has 1 saturated carbocycles. The Morgan fingerprint density at radius 2 is 1.89 bits per heavy atom. The van der Waals surface area contributed by atoms with E-state index in [0.29, 0.717) is 18.9 Å². The molecule has 0 aromatic heterocycles. The van der Waals surface area contributed by atoms with E-state index in [0.717, 1.165) is 30.5 Å². The molecule has 37 heavy (non-hydrogen) atoms. The number of nitrogens with zero attached hydrogens (tertiary/aromatic N) is 1. The summed E-state index contributed by atoms with van der Waals surface area (Å²) in [6, 6.07) is 0. The fourth-order valence-electron chi connectivity index (χ4n) is 10.4. The minimum absolute atomic E-state index is 0.0306. The fourth-order valence-corrected chi connectivity index (χ4v) is 10.4. The number of esters is 1. The minimum Gasteiger partial charge on any atom is -0.465 e. The first-order chi connectivity index (χ1) is 17.4. The molecule has 0 aromatic rings. The van der Waals surface area contributed by atoms with Crippen LogP contribution in [-0.4, -0.2) is 58.6 Å². The molecular formula is C30H39NO6. The van der Waals surface area contributed by atoms with E-state index < -0.39 is 39.9 Å². The predicted molar refractivity (Wildman–Crippen MR) is 134 cm³/mol. The summed E-state index contributed by atoms with van der Waals surface area (Å²) in [4.78, 5) is 43.0. The maximum Gasteiger partial charge on any atom is 0.306 e. The van der Waals surface area contributed by atoms with E-state index >= 15 is 0 Å². The largest absolute Gasteiger partial charge is 0.465 e. The van der Waals surface area contributed by atoms with Crippen LogP contribution < -0.4 is 0 Å². The molecule has 5 fully saturated rings. The lowest BCUT2D eigenvalue weighted by Gasteiger charge is -2.68. The number of allylic oxidation sites excluding steroid dienone is 4. The van der Waals surface area contributed by atoms with Crippen LogP contribution in [0.1, 0.15) is 66.7 Å². The van der Waals surface area contributed by atoms with Gasteiger partial charge in [0.05, 0.1) is 19.1 Å². The van der Waals surface area contributed by atoms with Crippen LogP contribution in [0.3, 0.4) is 0 Å². The van der Waals surface area contributed by atoms with Crippen LogP contribution in [0.2, 0.25) is 0 Å². The molecule has 3 aliphatic carbocycles. The van der Waals surface area contributed by atoms with Gasteiger partial charge in [-0.25, -0.2) is 0 Å². The fraction of sp³-hybridized carbons (Fsp3) is 0.767. The Balaban J connectivity index is 1.49. The Bertz CT molecular complexity index is 1190. The van der Waals surface area contributed by atoms with Crippen LogP contribution in [0.4, 0.5) is 0 Å². The number of aliphatic hydroxyl groups excluding tert-OH is 1. The molecule has 200 valence electrons. The molecule has 4 heterocycles. The maximum atomic E-state index is 14.4. The van der Waals surface area contributed by atoms with Crippen molar-refractivity contribution in [1.29, 1.82) is 0 Å². The molecular weight excluding hydrogens is 470 g/mol. The number of rotatable bonds is 0. The number of cyclic esters (lactones) is 1. The molecule has 1 N–H and O–H groups in total. The highest BCUT2D eigenvalue weighted by atomic mass is 16.6. The highest BCUT2D eigenvalue weighted by Gasteiger charge is 2.76. The summed E-state index contributed by atoms with van der Waals surface area (Å²) < 4.78 is 12.3. The van der Waals surface area contributed by atoms with Gasteiger partial charge in [0.1, 0.15) is 11.9 Å². The smallest absolute Gasteiger partial charge is 0.306 e. The number of fused-ring (bicyclic) bond motifs is 8. The topological polar surface area (TPSA) is 93.1 Å². The molecule has 11 atom stereocenters. The van der Waals surface area contributed by atoms with Crippen LogP contribution in [0.25, 0.3) is 0 Å². The molecule has 7 heteroatoms. The molecule has 0 amide bonds. The molecule has 0 unspecified atom stereocenters. The molecule has 4 aliphatic heterocycles. The second-order valence-electron chi connectivity index (χ2n) is 14.0. The van der Waals surface area contributed by atoms with Gasteiger partial charge >= 0.3 is 5.97 Å². The first kappa shape index (κ1) is 24.1. The third-order valence-corrected chi connectivity index (χ3v) is 11.9. The molecule has 0 radical (unpaired) electrons. The van der Waals surface area contributed by atoms with Crippen molar-refractivity contribution >= 4 is 17.5 Å². The van der Waals surface area contributed by atoms with Gasteiger partial charge in [0.15, 0.2) is 11.5 Å². The van der Waals surface area contributed by atoms with Gasteiger partial charge in [-0.1, -0.05) is 39.3 Å². The molecule has 7 nitrogen and oxygen atoms in total. The highest BCUT2D eigenvalue weighted by molar-refractivity contribution is 6.00. The lowest BCUT2D eigenvalue weighted by atomic mass is 9.37. The lowest BCUT2D eigenvalue weighted by molar-refractivity contribution is -0.243. The Labute approximate surface area is 218 Å². The molecule has 4 saturated heterocycles. The summed E-state index contributed by atoms with van der Waals surface area (Å²) >= 11 is 0. The number of carbonyl (C=O) groups excluding carboxylic acids is 3. The number of carbonyl (C=O) groups is 3. The maximum absolute atomic E-state index is 14.4. The number of aliphatic hydroxyl groups is 1. The summed E-state index contributed by atoms with van der Waals surface area (Å²) in [7, 11) is 0. The van der Waals surface area contributed by atoms with Gasteiger partial charge in [0.2, 0.25) is 0 Å². The van der Waals surface area contributed by atoms with Gasteiger partial charge < -0.3 is 19.5 Å². The molecule has 0 aromatic carbocycles. The Kier molecular flexibility index (Phi) is 4.65. The first-order valence-corrected chi connectivity index (χ1v) is 14.1. The van der Waals surface area contributed by atoms with Gasteiger partial charge in [0.25, 0.3) is 0 Å². The van der Waals surface area contributed by atoms with E-state index in [9.17, 15) is 19.5 Å². The van der Waals surface area contributed by atoms with Crippen molar-refractivity contribution in [3.63, 3.8) is 0 Å². The van der Waals surface area contributed by atoms with E-state index in [1.165, 1.54) is 0 Å². The zero-order valence-corrected chi connectivity index (χ0v) is 22.6. The van der Waals surface area contributed by atoms with Crippen LogP contribution in [0.15, 0.2) is 23.4 Å². The standard InChI is InChI=1S/C30H39NO6/c1-15-7-19-24(20(32)8-15)17(3)25(35)26-27(19,4)10-21-28(5,29(26)12-23(34)36-14-29)11-22(33)30-9-16(2)6-18(37-30)13-31(21)30/h8,10,16-19,22,24,26,33H,6-7,9,11-14H2,1-5H3/t16-,17+,18+,19+,22-,24-,26-,27-,28+,29+,30+/m0/s1. The van der Waals surface area contributed by atoms with Crippen molar-refractivity contribution in [1.82, 2.24) is 4.90 Å². The third kappa shape index (κ3) is 2.68. The normalized spacial score (nSPS) is 54.2. The zero-order chi connectivity index (χ0) is 26.3.